The number of furan rings is 1. The van der Waals surface area contributed by atoms with E-state index in [4.69, 9.17) is 19.5 Å². The first-order chi connectivity index (χ1) is 34.1. The molecular weight excluding hydrogens is 1080 g/mol. The monoisotopic (exact) mass is 1140 g/mol. The predicted octanol–water partition coefficient (Wildman–Crippen LogP) is 15.9. The molecule has 0 amide bonds. The van der Waals surface area contributed by atoms with E-state index in [2.05, 4.69) is 204 Å². The maximum atomic E-state index is 10.8. The number of benzene rings is 7. The molecule has 0 aliphatic heterocycles. The van der Waals surface area contributed by atoms with Crippen molar-refractivity contribution in [2.45, 2.75) is 73.0 Å². The molecule has 361 valence electrons. The molecule has 0 aliphatic carbocycles. The number of carbonyl (C=O) groups is 1. The Morgan fingerprint density at radius 3 is 1.96 bits per heavy atom. The molecule has 1 radical (unpaired) electrons. The molecule has 0 bridgehead atoms. The standard InChI is InChI=1S/C48H40N3O.C15H16NO2Si.Ir/c1-28(2)41-25-35(32-13-8-7-9-14-32)26-42(29(3)4)44(41)51-45-38-16-11-10-15-36(38)31(6)49-47(45)50-48(51)40-18-12-17-39-37-24-23-34(27-43(37)52-46(39)40)33-21-19-30(5)20-22-33;1-19(2,3)13-8-9-14(16-10-13)11-4-6-12(7-5-11)15(17)18;/h7-17,19-29H,1-6H3;4,6-10H,1-3H3,(H,17,18);/q2*-1;. The van der Waals surface area contributed by atoms with Crippen molar-refractivity contribution in [2.75, 3.05) is 0 Å². The second kappa shape index (κ2) is 20.1. The van der Waals surface area contributed by atoms with Gasteiger partial charge >= 0.3 is 0 Å². The number of aryl methyl sites for hydroxylation is 2. The zero-order valence-electron chi connectivity index (χ0n) is 42.1. The van der Waals surface area contributed by atoms with Crippen LogP contribution in [0.2, 0.25) is 19.6 Å². The van der Waals surface area contributed by atoms with Crippen molar-refractivity contribution in [3.63, 3.8) is 0 Å². The van der Waals surface area contributed by atoms with Crippen LogP contribution in [0.25, 0.3) is 94.5 Å². The Labute approximate surface area is 436 Å². The van der Waals surface area contributed by atoms with E-state index in [0.717, 1.165) is 83.4 Å². The Morgan fingerprint density at radius 1 is 0.667 bits per heavy atom. The summed E-state index contributed by atoms with van der Waals surface area (Å²) < 4.78 is 9.22. The van der Waals surface area contributed by atoms with Crippen molar-refractivity contribution in [1.29, 1.82) is 0 Å². The van der Waals surface area contributed by atoms with Crippen LogP contribution in [-0.2, 0) is 20.1 Å². The van der Waals surface area contributed by atoms with Crippen LogP contribution in [0.4, 0.5) is 0 Å². The summed E-state index contributed by atoms with van der Waals surface area (Å²) in [6.07, 6.45) is 1.92. The van der Waals surface area contributed by atoms with Gasteiger partial charge in [0.2, 0.25) is 0 Å². The van der Waals surface area contributed by atoms with Gasteiger partial charge in [-0.25, -0.2) is 4.98 Å². The van der Waals surface area contributed by atoms with Gasteiger partial charge in [0.25, 0.3) is 5.97 Å². The fourth-order valence-electron chi connectivity index (χ4n) is 9.50. The van der Waals surface area contributed by atoms with Crippen molar-refractivity contribution in [3.8, 4) is 50.6 Å². The summed E-state index contributed by atoms with van der Waals surface area (Å²) in [4.78, 5) is 25.8. The van der Waals surface area contributed by atoms with Crippen LogP contribution in [0, 0.1) is 26.0 Å². The fourth-order valence-corrected chi connectivity index (χ4v) is 10.5. The molecule has 4 aromatic heterocycles. The average molecular weight is 1140 g/mol. The van der Waals surface area contributed by atoms with Gasteiger partial charge in [0.05, 0.1) is 25.0 Å². The summed E-state index contributed by atoms with van der Waals surface area (Å²) in [5.74, 6) is 0.303. The number of fused-ring (bicyclic) bond motifs is 6. The number of carboxylic acids is 1. The first-order valence-corrected chi connectivity index (χ1v) is 27.8. The molecule has 7 nitrogen and oxygen atoms in total. The van der Waals surface area contributed by atoms with Gasteiger partial charge in [-0.1, -0.05) is 167 Å². The number of nitrogens with zero attached hydrogens (tertiary/aromatic N) is 4. The predicted molar refractivity (Wildman–Crippen MR) is 295 cm³/mol. The van der Waals surface area contributed by atoms with E-state index >= 15 is 0 Å². The largest absolute Gasteiger partial charge is 0.501 e. The van der Waals surface area contributed by atoms with Crippen molar-refractivity contribution in [1.82, 2.24) is 19.5 Å². The van der Waals surface area contributed by atoms with E-state index in [1.807, 2.05) is 18.3 Å². The molecule has 7 aromatic carbocycles. The van der Waals surface area contributed by atoms with Crippen molar-refractivity contribution < 1.29 is 34.4 Å². The molecule has 72 heavy (non-hydrogen) atoms. The van der Waals surface area contributed by atoms with Crippen LogP contribution < -0.4 is 5.19 Å². The summed E-state index contributed by atoms with van der Waals surface area (Å²) >= 11 is 0. The van der Waals surface area contributed by atoms with E-state index in [1.54, 1.807) is 12.1 Å². The molecule has 11 aromatic rings. The second-order valence-electron chi connectivity index (χ2n) is 20.1. The maximum Gasteiger partial charge on any atom is 0.292 e. The summed E-state index contributed by atoms with van der Waals surface area (Å²) in [6.45, 7) is 20.2. The smallest absolute Gasteiger partial charge is 0.292 e. The number of hydrogen-bond donors (Lipinski definition) is 1. The van der Waals surface area contributed by atoms with E-state index in [1.165, 1.54) is 39.1 Å². The van der Waals surface area contributed by atoms with Crippen LogP contribution in [0.5, 0.6) is 0 Å². The molecule has 0 saturated carbocycles. The first kappa shape index (κ1) is 49.7. The summed E-state index contributed by atoms with van der Waals surface area (Å²) in [7, 11) is -1.33. The van der Waals surface area contributed by atoms with Gasteiger partial charge in [-0.05, 0) is 93.7 Å². The SMILES string of the molecule is C[Si](C)(C)c1ccc(-c2[c-]cc(C(=O)O)cc2)nc1.Cc1ccc(-c2ccc3c(c2)oc2c(-c4nc5nc(C)c6ccccc6c5n4-c4c(C(C)C)cc(-c5ccccc5)cc4C(C)C)[c-]ccc23)cc1.[Ir]. The third kappa shape index (κ3) is 9.48. The van der Waals surface area contributed by atoms with Crippen LogP contribution in [0.3, 0.4) is 0 Å². The number of hydrogen-bond acceptors (Lipinski definition) is 5. The van der Waals surface area contributed by atoms with E-state index in [0.29, 0.717) is 5.65 Å². The molecule has 11 rings (SSSR count). The first-order valence-electron chi connectivity index (χ1n) is 24.3. The minimum absolute atomic E-state index is 0. The summed E-state index contributed by atoms with van der Waals surface area (Å²) in [5, 5.41) is 14.5. The zero-order chi connectivity index (χ0) is 49.7. The Bertz CT molecular complexity index is 3750. The van der Waals surface area contributed by atoms with Crippen molar-refractivity contribution in [2.24, 2.45) is 0 Å². The molecule has 1 N–H and O–H groups in total. The van der Waals surface area contributed by atoms with Crippen LogP contribution in [0.1, 0.15) is 72.3 Å². The summed E-state index contributed by atoms with van der Waals surface area (Å²) in [5.41, 5.74) is 16.6. The normalized spacial score (nSPS) is 11.7. The van der Waals surface area contributed by atoms with Gasteiger partial charge in [-0.15, -0.1) is 48.0 Å². The third-order valence-electron chi connectivity index (χ3n) is 13.5. The van der Waals surface area contributed by atoms with Crippen molar-refractivity contribution in [3.05, 3.63) is 198 Å². The van der Waals surface area contributed by atoms with Gasteiger partial charge in [0.1, 0.15) is 5.58 Å². The molecule has 0 aliphatic rings. The van der Waals surface area contributed by atoms with Gasteiger partial charge < -0.3 is 19.1 Å². The second-order valence-corrected chi connectivity index (χ2v) is 25.2. The van der Waals surface area contributed by atoms with Gasteiger partial charge in [-0.2, -0.15) is 0 Å². The van der Waals surface area contributed by atoms with E-state index < -0.39 is 14.0 Å². The Hall–Kier alpha value is -7.29. The quantitative estimate of drug-likeness (QED) is 0.114. The molecule has 0 fully saturated rings. The molecule has 0 spiro atoms. The summed E-state index contributed by atoms with van der Waals surface area (Å²) in [6, 6.07) is 58.7. The molecule has 0 unspecified atom stereocenters. The Balaban J connectivity index is 0.000000270. The fraction of sp³-hybridized carbons (Fsp3) is 0.175. The van der Waals surface area contributed by atoms with E-state index in [9.17, 15) is 4.79 Å². The van der Waals surface area contributed by atoms with Crippen LogP contribution in [-0.4, -0.2) is 38.7 Å². The molecule has 9 heteroatoms. The molecule has 4 heterocycles. The van der Waals surface area contributed by atoms with Crippen LogP contribution >= 0.6 is 0 Å². The third-order valence-corrected chi connectivity index (χ3v) is 15.5. The molecule has 0 saturated heterocycles. The van der Waals surface area contributed by atoms with Gasteiger partial charge in [-0.3, -0.25) is 9.78 Å². The average Bonchev–Trinajstić information content (AvgIpc) is 3.95. The number of carboxylic acid groups (broad SMARTS) is 1. The maximum absolute atomic E-state index is 10.8. The minimum atomic E-state index is -1.33. The van der Waals surface area contributed by atoms with Crippen LogP contribution in [0.15, 0.2) is 162 Å². The number of pyridine rings is 2. The number of rotatable bonds is 9. The topological polar surface area (TPSA) is 94.0 Å². The number of aromatic carboxylic acids is 1. The minimum Gasteiger partial charge on any atom is -0.501 e. The Kier molecular flexibility index (Phi) is 13.9. The Morgan fingerprint density at radius 2 is 1.33 bits per heavy atom. The van der Waals surface area contributed by atoms with Crippen molar-refractivity contribution >= 4 is 63.1 Å². The number of imidazole rings is 1. The van der Waals surface area contributed by atoms with Gasteiger partial charge in [0, 0.05) is 53.8 Å². The zero-order valence-corrected chi connectivity index (χ0v) is 45.4. The number of aromatic nitrogens is 4. The van der Waals surface area contributed by atoms with E-state index in [-0.39, 0.29) is 37.5 Å². The molecular formula is C63H56IrN4O3Si-2. The van der Waals surface area contributed by atoms with Gasteiger partial charge in [0.15, 0.2) is 5.65 Å². The molecule has 0 atom stereocenters.